The van der Waals surface area contributed by atoms with Gasteiger partial charge in [-0.2, -0.15) is 0 Å². The number of halogens is 4. The molecule has 3 heterocycles. The van der Waals surface area contributed by atoms with Crippen molar-refractivity contribution in [2.24, 2.45) is 0 Å². The summed E-state index contributed by atoms with van der Waals surface area (Å²) in [5, 5.41) is 0. The van der Waals surface area contributed by atoms with Crippen LogP contribution in [0.2, 0.25) is 0 Å². The summed E-state index contributed by atoms with van der Waals surface area (Å²) in [6.07, 6.45) is 12.2. The van der Waals surface area contributed by atoms with Crippen LogP contribution in [0.25, 0.3) is 11.1 Å². The SMILES string of the molecule is CCCCCCCCCCCCN1C(=O)C(c2cc(Br)sc2Br)=C(c2cc(Br)sc2Br)C1=O. The van der Waals surface area contributed by atoms with Gasteiger partial charge in [-0.3, -0.25) is 14.5 Å². The van der Waals surface area contributed by atoms with E-state index in [1.165, 1.54) is 72.5 Å². The molecule has 0 radical (unpaired) electrons. The summed E-state index contributed by atoms with van der Waals surface area (Å²) >= 11 is 17.2. The Morgan fingerprint density at radius 1 is 0.667 bits per heavy atom. The van der Waals surface area contributed by atoms with E-state index in [1.54, 1.807) is 0 Å². The van der Waals surface area contributed by atoms with Gasteiger partial charge in [0, 0.05) is 17.7 Å². The molecule has 0 saturated carbocycles. The van der Waals surface area contributed by atoms with Crippen LogP contribution < -0.4 is 0 Å². The maximum absolute atomic E-state index is 13.5. The third-order valence-corrected chi connectivity index (χ3v) is 10.4. The van der Waals surface area contributed by atoms with Gasteiger partial charge in [0.1, 0.15) is 0 Å². The second-order valence-corrected chi connectivity index (χ2v) is 15.7. The van der Waals surface area contributed by atoms with Gasteiger partial charge in [0.2, 0.25) is 0 Å². The maximum atomic E-state index is 13.5. The van der Waals surface area contributed by atoms with Crippen molar-refractivity contribution in [1.82, 2.24) is 4.90 Å². The topological polar surface area (TPSA) is 37.4 Å². The molecule has 0 aromatic carbocycles. The van der Waals surface area contributed by atoms with E-state index in [9.17, 15) is 9.59 Å². The lowest BCUT2D eigenvalue weighted by Crippen LogP contribution is -2.32. The lowest BCUT2D eigenvalue weighted by atomic mass is 10.0. The molecule has 0 saturated heterocycles. The number of rotatable bonds is 13. The van der Waals surface area contributed by atoms with Crippen molar-refractivity contribution in [2.45, 2.75) is 71.1 Å². The van der Waals surface area contributed by atoms with Crippen molar-refractivity contribution in [2.75, 3.05) is 6.54 Å². The summed E-state index contributed by atoms with van der Waals surface area (Å²) < 4.78 is 3.51. The number of carbonyl (C=O) groups excluding carboxylic acids is 2. The minimum Gasteiger partial charge on any atom is -0.274 e. The van der Waals surface area contributed by atoms with Gasteiger partial charge in [0.05, 0.1) is 26.3 Å². The molecule has 0 unspecified atom stereocenters. The fourth-order valence-electron chi connectivity index (χ4n) is 4.06. The highest BCUT2D eigenvalue weighted by molar-refractivity contribution is 9.12. The van der Waals surface area contributed by atoms with Crippen LogP contribution in [0.3, 0.4) is 0 Å². The van der Waals surface area contributed by atoms with E-state index in [4.69, 9.17) is 0 Å². The van der Waals surface area contributed by atoms with Crippen LogP contribution in [0.15, 0.2) is 27.3 Å². The van der Waals surface area contributed by atoms with Gasteiger partial charge in [-0.25, -0.2) is 0 Å². The molecular formula is C24H27Br4NO2S2. The van der Waals surface area contributed by atoms with Crippen LogP contribution >= 0.6 is 86.4 Å². The number of carbonyl (C=O) groups is 2. The highest BCUT2D eigenvalue weighted by atomic mass is 79.9. The summed E-state index contributed by atoms with van der Waals surface area (Å²) in [7, 11) is 0. The first-order chi connectivity index (χ1) is 15.8. The molecule has 33 heavy (non-hydrogen) atoms. The minimum atomic E-state index is -0.203. The van der Waals surface area contributed by atoms with Crippen molar-refractivity contribution >= 4 is 109 Å². The minimum absolute atomic E-state index is 0.203. The molecule has 180 valence electrons. The Kier molecular flexibility index (Phi) is 11.4. The second-order valence-electron chi connectivity index (χ2n) is 8.17. The Balaban J connectivity index is 1.65. The number of unbranched alkanes of at least 4 members (excludes halogenated alkanes) is 9. The highest BCUT2D eigenvalue weighted by Gasteiger charge is 2.41. The number of thiophene rings is 2. The largest absolute Gasteiger partial charge is 0.274 e. The van der Waals surface area contributed by atoms with Crippen LogP contribution in [0, 0.1) is 0 Å². The van der Waals surface area contributed by atoms with Crippen LogP contribution in [-0.2, 0) is 9.59 Å². The Morgan fingerprint density at radius 3 is 1.42 bits per heavy atom. The predicted molar refractivity (Wildman–Crippen MR) is 155 cm³/mol. The second kappa shape index (κ2) is 13.5. The summed E-state index contributed by atoms with van der Waals surface area (Å²) in [4.78, 5) is 28.4. The van der Waals surface area contributed by atoms with E-state index >= 15 is 0 Å². The van der Waals surface area contributed by atoms with Crippen molar-refractivity contribution in [1.29, 1.82) is 0 Å². The van der Waals surface area contributed by atoms with Gasteiger partial charge in [-0.05, 0) is 82.3 Å². The molecule has 0 bridgehead atoms. The lowest BCUT2D eigenvalue weighted by Gasteiger charge is -2.15. The molecule has 0 aliphatic carbocycles. The molecule has 3 nitrogen and oxygen atoms in total. The average Bonchev–Trinajstić information content (AvgIpc) is 3.35. The zero-order valence-corrected chi connectivity index (χ0v) is 26.5. The van der Waals surface area contributed by atoms with E-state index in [2.05, 4.69) is 70.6 Å². The lowest BCUT2D eigenvalue weighted by molar-refractivity contribution is -0.136. The molecule has 2 aromatic rings. The first-order valence-electron chi connectivity index (χ1n) is 11.4. The molecular weight excluding hydrogens is 718 g/mol. The normalized spacial score (nSPS) is 14.3. The Bertz CT molecular complexity index is 960. The average molecular weight is 745 g/mol. The van der Waals surface area contributed by atoms with Crippen molar-refractivity contribution in [3.8, 4) is 0 Å². The fourth-order valence-corrected chi connectivity index (χ4v) is 9.70. The van der Waals surface area contributed by atoms with Crippen molar-refractivity contribution in [3.63, 3.8) is 0 Å². The van der Waals surface area contributed by atoms with E-state index in [1.807, 2.05) is 12.1 Å². The van der Waals surface area contributed by atoms with Gasteiger partial charge in [0.25, 0.3) is 11.8 Å². The molecule has 9 heteroatoms. The molecule has 3 rings (SSSR count). The Hall–Kier alpha value is 0.200. The monoisotopic (exact) mass is 741 g/mol. The van der Waals surface area contributed by atoms with Gasteiger partial charge < -0.3 is 0 Å². The van der Waals surface area contributed by atoms with Crippen molar-refractivity contribution < 1.29 is 9.59 Å². The first kappa shape index (κ1) is 27.8. The number of amides is 2. The first-order valence-corrected chi connectivity index (χ1v) is 16.2. The highest BCUT2D eigenvalue weighted by Crippen LogP contribution is 2.46. The van der Waals surface area contributed by atoms with Gasteiger partial charge in [0.15, 0.2) is 0 Å². The number of imide groups is 1. The van der Waals surface area contributed by atoms with Gasteiger partial charge >= 0.3 is 0 Å². The zero-order chi connectivity index (χ0) is 24.0. The molecule has 0 N–H and O–H groups in total. The summed E-state index contributed by atoms with van der Waals surface area (Å²) in [5.41, 5.74) is 2.49. The van der Waals surface area contributed by atoms with E-state index in [-0.39, 0.29) is 11.8 Å². The smallest absolute Gasteiger partial charge is 0.262 e. The van der Waals surface area contributed by atoms with Gasteiger partial charge in [-0.15, -0.1) is 22.7 Å². The number of hydrogen-bond acceptors (Lipinski definition) is 4. The Morgan fingerprint density at radius 2 is 1.06 bits per heavy atom. The van der Waals surface area contributed by atoms with Crippen molar-refractivity contribution in [3.05, 3.63) is 38.4 Å². The van der Waals surface area contributed by atoms with Crippen LogP contribution in [0.5, 0.6) is 0 Å². The van der Waals surface area contributed by atoms with E-state index < -0.39 is 0 Å². The molecule has 2 aromatic heterocycles. The zero-order valence-electron chi connectivity index (χ0n) is 18.5. The van der Waals surface area contributed by atoms with E-state index in [0.717, 1.165) is 45.5 Å². The molecule has 0 spiro atoms. The van der Waals surface area contributed by atoms with Gasteiger partial charge in [-0.1, -0.05) is 64.7 Å². The predicted octanol–water partition coefficient (Wildman–Crippen LogP) is 10.1. The third kappa shape index (κ3) is 7.13. The van der Waals surface area contributed by atoms with Crippen LogP contribution in [0.1, 0.15) is 82.3 Å². The quantitative estimate of drug-likeness (QED) is 0.151. The Labute approximate surface area is 237 Å². The summed E-state index contributed by atoms with van der Waals surface area (Å²) in [6.45, 7) is 2.71. The molecule has 0 atom stereocenters. The van der Waals surface area contributed by atoms with Crippen LogP contribution in [-0.4, -0.2) is 23.3 Å². The molecule has 1 aliphatic rings. The fraction of sp³-hybridized carbons (Fsp3) is 0.500. The summed E-state index contributed by atoms with van der Waals surface area (Å²) in [5.74, 6) is -0.405. The molecule has 0 fully saturated rings. The number of hydrogen-bond donors (Lipinski definition) is 0. The van der Waals surface area contributed by atoms with E-state index in [0.29, 0.717) is 17.7 Å². The molecule has 1 aliphatic heterocycles. The van der Waals surface area contributed by atoms with Crippen LogP contribution in [0.4, 0.5) is 0 Å². The molecule has 2 amide bonds. The standard InChI is InChI=1S/C24H27Br4NO2S2/c1-2-3-4-5-6-7-8-9-10-11-12-29-23(30)19(15-13-17(25)32-21(15)27)20(24(29)31)16-14-18(26)33-22(16)28/h13-14H,2-12H2,1H3. The number of nitrogens with zero attached hydrogens (tertiary/aromatic N) is 1. The third-order valence-electron chi connectivity index (χ3n) is 5.76. The maximum Gasteiger partial charge on any atom is 0.262 e. The summed E-state index contributed by atoms with van der Waals surface area (Å²) in [6, 6.07) is 3.82.